The second-order valence-corrected chi connectivity index (χ2v) is 6.55. The Morgan fingerprint density at radius 2 is 1.79 bits per heavy atom. The number of nitrogens with zero attached hydrogens (tertiary/aromatic N) is 3. The lowest BCUT2D eigenvalue weighted by atomic mass is 9.98. The number of rotatable bonds is 8. The fraction of sp³-hybridized carbons (Fsp3) is 0.500. The van der Waals surface area contributed by atoms with Gasteiger partial charge in [-0.05, 0) is 42.9 Å². The maximum Gasteiger partial charge on any atom is 0.227 e. The first-order valence-electron chi connectivity index (χ1n) is 9.01. The van der Waals surface area contributed by atoms with E-state index in [1.54, 1.807) is 0 Å². The van der Waals surface area contributed by atoms with Crippen molar-refractivity contribution in [1.82, 2.24) is 9.97 Å². The summed E-state index contributed by atoms with van der Waals surface area (Å²) in [6.45, 7) is 12.9. The van der Waals surface area contributed by atoms with E-state index in [4.69, 9.17) is 4.98 Å². The first-order chi connectivity index (χ1) is 11.6. The molecule has 1 aromatic heterocycles. The van der Waals surface area contributed by atoms with Crippen LogP contribution in [0.4, 0.5) is 17.5 Å². The zero-order valence-electron chi connectivity index (χ0n) is 15.6. The summed E-state index contributed by atoms with van der Waals surface area (Å²) in [4.78, 5) is 11.5. The van der Waals surface area contributed by atoms with Gasteiger partial charge in [0.2, 0.25) is 5.95 Å². The number of benzene rings is 1. The van der Waals surface area contributed by atoms with Crippen LogP contribution in [0.2, 0.25) is 0 Å². The molecular weight excluding hydrogens is 296 g/mol. The smallest absolute Gasteiger partial charge is 0.227 e. The van der Waals surface area contributed by atoms with Crippen LogP contribution < -0.4 is 10.2 Å². The molecule has 0 aliphatic carbocycles. The van der Waals surface area contributed by atoms with E-state index in [9.17, 15) is 0 Å². The van der Waals surface area contributed by atoms with Crippen molar-refractivity contribution in [2.45, 2.75) is 53.4 Å². The Bertz CT molecular complexity index is 646. The first kappa shape index (κ1) is 18.2. The van der Waals surface area contributed by atoms with Crippen LogP contribution in [0.3, 0.4) is 0 Å². The van der Waals surface area contributed by atoms with Crippen molar-refractivity contribution in [1.29, 1.82) is 0 Å². The van der Waals surface area contributed by atoms with E-state index in [2.05, 4.69) is 68.0 Å². The van der Waals surface area contributed by atoms with Gasteiger partial charge in [-0.3, -0.25) is 0 Å². The molecule has 0 aliphatic rings. The summed E-state index contributed by atoms with van der Waals surface area (Å²) < 4.78 is 0. The van der Waals surface area contributed by atoms with E-state index in [0.29, 0.717) is 5.92 Å². The Balaban J connectivity index is 2.30. The molecule has 4 heteroatoms. The molecule has 0 spiro atoms. The molecule has 4 nitrogen and oxygen atoms in total. The fourth-order valence-electron chi connectivity index (χ4n) is 2.89. The number of aromatic nitrogens is 2. The minimum Gasteiger partial charge on any atom is -0.341 e. The van der Waals surface area contributed by atoms with Gasteiger partial charge >= 0.3 is 0 Å². The van der Waals surface area contributed by atoms with E-state index >= 15 is 0 Å². The summed E-state index contributed by atoms with van der Waals surface area (Å²) >= 11 is 0. The van der Waals surface area contributed by atoms with Crippen LogP contribution in [0, 0.1) is 6.92 Å². The number of hydrogen-bond donors (Lipinski definition) is 1. The molecular formula is C20H30N4. The van der Waals surface area contributed by atoms with Crippen molar-refractivity contribution in [2.24, 2.45) is 0 Å². The molecule has 0 bridgehead atoms. The van der Waals surface area contributed by atoms with Gasteiger partial charge in [-0.15, -0.1) is 0 Å². The highest BCUT2D eigenvalue weighted by atomic mass is 15.3. The van der Waals surface area contributed by atoms with E-state index in [0.717, 1.165) is 43.4 Å². The third-order valence-electron chi connectivity index (χ3n) is 4.09. The Labute approximate surface area is 146 Å². The summed E-state index contributed by atoms with van der Waals surface area (Å²) in [7, 11) is 0. The Kier molecular flexibility index (Phi) is 6.59. The van der Waals surface area contributed by atoms with Crippen molar-refractivity contribution in [3.05, 3.63) is 41.6 Å². The molecule has 1 aromatic carbocycles. The molecule has 2 aromatic rings. The number of aryl methyl sites for hydroxylation is 1. The number of anilines is 3. The van der Waals surface area contributed by atoms with Crippen LogP contribution in [0.5, 0.6) is 0 Å². The summed E-state index contributed by atoms with van der Waals surface area (Å²) in [5, 5.41) is 3.52. The van der Waals surface area contributed by atoms with Crippen molar-refractivity contribution in [2.75, 3.05) is 23.3 Å². The van der Waals surface area contributed by atoms with E-state index in [1.165, 1.54) is 11.1 Å². The highest BCUT2D eigenvalue weighted by molar-refractivity contribution is 5.66. The average molecular weight is 326 g/mol. The highest BCUT2D eigenvalue weighted by Gasteiger charge is 2.12. The standard InChI is InChI=1S/C20H30N4/c1-6-13-24(14-7-2)20-21-12-11-18(23-20)22-19-16(5)9-8-10-17(19)15(3)4/h8-12,15H,6-7,13-14H2,1-5H3,(H,21,22,23). The number of hydrogen-bond acceptors (Lipinski definition) is 4. The maximum absolute atomic E-state index is 4.75. The Morgan fingerprint density at radius 1 is 1.08 bits per heavy atom. The van der Waals surface area contributed by atoms with Gasteiger partial charge < -0.3 is 10.2 Å². The lowest BCUT2D eigenvalue weighted by molar-refractivity contribution is 0.721. The molecule has 0 saturated heterocycles. The largest absolute Gasteiger partial charge is 0.341 e. The SMILES string of the molecule is CCCN(CCC)c1nccc(Nc2c(C)cccc2C(C)C)n1. The second-order valence-electron chi connectivity index (χ2n) is 6.55. The quantitative estimate of drug-likeness (QED) is 0.716. The Hall–Kier alpha value is -2.10. The molecule has 0 aliphatic heterocycles. The van der Waals surface area contributed by atoms with Gasteiger partial charge in [0.25, 0.3) is 0 Å². The summed E-state index contributed by atoms with van der Waals surface area (Å²) in [6.07, 6.45) is 4.03. The zero-order chi connectivity index (χ0) is 17.5. The third-order valence-corrected chi connectivity index (χ3v) is 4.09. The average Bonchev–Trinajstić information content (AvgIpc) is 2.56. The van der Waals surface area contributed by atoms with Gasteiger partial charge in [0.05, 0.1) is 0 Å². The fourth-order valence-corrected chi connectivity index (χ4v) is 2.89. The molecule has 0 saturated carbocycles. The van der Waals surface area contributed by atoms with Gasteiger partial charge in [-0.2, -0.15) is 4.98 Å². The van der Waals surface area contributed by atoms with Gasteiger partial charge in [-0.1, -0.05) is 45.9 Å². The Morgan fingerprint density at radius 3 is 2.42 bits per heavy atom. The highest BCUT2D eigenvalue weighted by Crippen LogP contribution is 2.29. The van der Waals surface area contributed by atoms with Gasteiger partial charge in [0, 0.05) is 25.0 Å². The monoisotopic (exact) mass is 326 g/mol. The van der Waals surface area contributed by atoms with Crippen LogP contribution in [-0.4, -0.2) is 23.1 Å². The van der Waals surface area contributed by atoms with Crippen LogP contribution in [0.25, 0.3) is 0 Å². The normalized spacial score (nSPS) is 10.9. The first-order valence-corrected chi connectivity index (χ1v) is 9.01. The molecule has 130 valence electrons. The predicted molar refractivity (Wildman–Crippen MR) is 103 cm³/mol. The summed E-state index contributed by atoms with van der Waals surface area (Å²) in [5.74, 6) is 2.13. The van der Waals surface area contributed by atoms with Gasteiger partial charge in [0.1, 0.15) is 5.82 Å². The summed E-state index contributed by atoms with van der Waals surface area (Å²) in [6, 6.07) is 8.38. The van der Waals surface area contributed by atoms with Crippen molar-refractivity contribution >= 4 is 17.5 Å². The van der Waals surface area contributed by atoms with Crippen LogP contribution in [0.15, 0.2) is 30.5 Å². The third kappa shape index (κ3) is 4.47. The van der Waals surface area contributed by atoms with Crippen molar-refractivity contribution in [3.8, 4) is 0 Å². The molecule has 24 heavy (non-hydrogen) atoms. The molecule has 0 fully saturated rings. The molecule has 0 unspecified atom stereocenters. The molecule has 1 N–H and O–H groups in total. The maximum atomic E-state index is 4.75. The molecule has 1 heterocycles. The van der Waals surface area contributed by atoms with E-state index in [1.807, 2.05) is 12.3 Å². The molecule has 0 radical (unpaired) electrons. The lowest BCUT2D eigenvalue weighted by Crippen LogP contribution is -2.27. The molecule has 2 rings (SSSR count). The predicted octanol–water partition coefficient (Wildman–Crippen LogP) is 5.28. The van der Waals surface area contributed by atoms with Crippen LogP contribution in [0.1, 0.15) is 57.6 Å². The lowest BCUT2D eigenvalue weighted by Gasteiger charge is -2.22. The minimum absolute atomic E-state index is 0.463. The van der Waals surface area contributed by atoms with Gasteiger partial charge in [-0.25, -0.2) is 4.98 Å². The van der Waals surface area contributed by atoms with Gasteiger partial charge in [0.15, 0.2) is 0 Å². The topological polar surface area (TPSA) is 41.1 Å². The second kappa shape index (κ2) is 8.67. The van der Waals surface area contributed by atoms with Crippen LogP contribution >= 0.6 is 0 Å². The van der Waals surface area contributed by atoms with E-state index < -0.39 is 0 Å². The van der Waals surface area contributed by atoms with Crippen LogP contribution in [-0.2, 0) is 0 Å². The van der Waals surface area contributed by atoms with E-state index in [-0.39, 0.29) is 0 Å². The summed E-state index contributed by atoms with van der Waals surface area (Å²) in [5.41, 5.74) is 3.71. The van der Waals surface area contributed by atoms with Crippen molar-refractivity contribution in [3.63, 3.8) is 0 Å². The number of para-hydroxylation sites is 1. The zero-order valence-corrected chi connectivity index (χ0v) is 15.6. The molecule has 0 atom stereocenters. The molecule has 0 amide bonds. The minimum atomic E-state index is 0.463. The van der Waals surface area contributed by atoms with Crippen molar-refractivity contribution < 1.29 is 0 Å². The number of nitrogens with one attached hydrogen (secondary N) is 1.